The molecule has 8 heavy (non-hydrogen) atoms. The van der Waals surface area contributed by atoms with E-state index in [1.54, 1.807) is 13.8 Å². The van der Waals surface area contributed by atoms with E-state index in [1.165, 1.54) is 4.90 Å². The quantitative estimate of drug-likeness (QED) is 0.579. The molecule has 50 valence electrons. The Balaban J connectivity index is 4.57. The first-order valence-corrected chi connectivity index (χ1v) is 2.74. The van der Waals surface area contributed by atoms with E-state index in [4.69, 9.17) is 10.6 Å². The SMILES string of the molecule is [2H]C([2H])(O)C([2H])([2H])N(CC)CC. The van der Waals surface area contributed by atoms with E-state index < -0.39 is 13.1 Å². The number of nitrogens with zero attached hydrogens (tertiary/aromatic N) is 1. The first kappa shape index (κ1) is 3.18. The van der Waals surface area contributed by atoms with E-state index in [0.717, 1.165) is 0 Å². The summed E-state index contributed by atoms with van der Waals surface area (Å²) in [5.74, 6) is 0. The zero-order valence-electron chi connectivity index (χ0n) is 9.31. The fourth-order valence-electron chi connectivity index (χ4n) is 0.452. The Morgan fingerprint density at radius 2 is 2.00 bits per heavy atom. The van der Waals surface area contributed by atoms with E-state index in [9.17, 15) is 0 Å². The molecule has 2 heteroatoms. The van der Waals surface area contributed by atoms with Crippen LogP contribution < -0.4 is 0 Å². The van der Waals surface area contributed by atoms with Crippen LogP contribution in [0.1, 0.15) is 19.3 Å². The van der Waals surface area contributed by atoms with Crippen LogP contribution in [0.3, 0.4) is 0 Å². The fraction of sp³-hybridized carbons (Fsp3) is 1.00. The minimum Gasteiger partial charge on any atom is -0.395 e. The third-order valence-corrected chi connectivity index (χ3v) is 0.972. The molecule has 0 atom stereocenters. The van der Waals surface area contributed by atoms with Gasteiger partial charge in [0.15, 0.2) is 0 Å². The van der Waals surface area contributed by atoms with E-state index >= 15 is 0 Å². The minimum absolute atomic E-state index is 0.365. The van der Waals surface area contributed by atoms with Crippen molar-refractivity contribution in [3.8, 4) is 0 Å². The van der Waals surface area contributed by atoms with Crippen LogP contribution in [0.5, 0.6) is 0 Å². The van der Waals surface area contributed by atoms with Gasteiger partial charge in [-0.1, -0.05) is 13.8 Å². The molecule has 0 aromatic rings. The smallest absolute Gasteiger partial charge is 0.0577 e. The van der Waals surface area contributed by atoms with Gasteiger partial charge >= 0.3 is 0 Å². The number of hydrogen-bond donors (Lipinski definition) is 1. The lowest BCUT2D eigenvalue weighted by Crippen LogP contribution is -2.25. The Labute approximate surface area is 56.7 Å². The third kappa shape index (κ3) is 2.99. The standard InChI is InChI=1S/C6H15NO/c1-3-7(4-2)5-6-8/h8H,3-6H2,1-2H3/i5D2,6D2. The molecule has 0 aliphatic heterocycles. The van der Waals surface area contributed by atoms with E-state index in [2.05, 4.69) is 0 Å². The van der Waals surface area contributed by atoms with Gasteiger partial charge in [-0.25, -0.2) is 0 Å². The van der Waals surface area contributed by atoms with Crippen LogP contribution in [0.15, 0.2) is 0 Å². The molecule has 0 unspecified atom stereocenters. The second kappa shape index (κ2) is 5.06. The Hall–Kier alpha value is -0.0800. The van der Waals surface area contributed by atoms with Gasteiger partial charge < -0.3 is 10.0 Å². The molecule has 0 fully saturated rings. The topological polar surface area (TPSA) is 23.5 Å². The van der Waals surface area contributed by atoms with Gasteiger partial charge in [-0.3, -0.25) is 0 Å². The molecule has 0 radical (unpaired) electrons. The van der Waals surface area contributed by atoms with Gasteiger partial charge in [-0.15, -0.1) is 0 Å². The highest BCUT2D eigenvalue weighted by Crippen LogP contribution is 1.82. The van der Waals surface area contributed by atoms with Crippen LogP contribution in [0.25, 0.3) is 0 Å². The maximum Gasteiger partial charge on any atom is 0.0577 e. The van der Waals surface area contributed by atoms with Crippen LogP contribution in [0, 0.1) is 0 Å². The van der Waals surface area contributed by atoms with Crippen molar-refractivity contribution >= 4 is 0 Å². The molecule has 1 N–H and O–H groups in total. The van der Waals surface area contributed by atoms with Crippen LogP contribution in [-0.4, -0.2) is 36.2 Å². The molecular formula is C6H15NO. The van der Waals surface area contributed by atoms with Crippen molar-refractivity contribution < 1.29 is 10.6 Å². The van der Waals surface area contributed by atoms with E-state index in [1.807, 2.05) is 0 Å². The molecule has 0 rings (SSSR count). The Bertz CT molecular complexity index is 141. The highest BCUT2D eigenvalue weighted by atomic mass is 16.3. The molecule has 0 spiro atoms. The molecule has 0 aromatic carbocycles. The van der Waals surface area contributed by atoms with Gasteiger partial charge in [0.1, 0.15) is 0 Å². The molecule has 0 aliphatic rings. The molecule has 0 amide bonds. The largest absolute Gasteiger partial charge is 0.395 e. The van der Waals surface area contributed by atoms with Crippen molar-refractivity contribution in [3.05, 3.63) is 0 Å². The zero-order chi connectivity index (χ0) is 9.99. The van der Waals surface area contributed by atoms with E-state index in [-0.39, 0.29) is 0 Å². The summed E-state index contributed by atoms with van der Waals surface area (Å²) in [5.41, 5.74) is 0. The number of likely N-dealkylation sites (N-methyl/N-ethyl adjacent to an activating group) is 1. The monoisotopic (exact) mass is 121 g/mol. The van der Waals surface area contributed by atoms with Gasteiger partial charge in [0.05, 0.1) is 9.30 Å². The lowest BCUT2D eigenvalue weighted by molar-refractivity contribution is 0.208. The summed E-state index contributed by atoms with van der Waals surface area (Å²) in [7, 11) is 0. The van der Waals surface area contributed by atoms with Gasteiger partial charge in [0, 0.05) is 9.24 Å². The zero-order valence-corrected chi connectivity index (χ0v) is 5.31. The summed E-state index contributed by atoms with van der Waals surface area (Å²) in [6.45, 7) is -0.983. The average molecular weight is 121 g/mol. The number of aliphatic hydroxyl groups is 1. The minimum atomic E-state index is -2.82. The predicted octanol–water partition coefficient (Wildman–Crippen LogP) is 0.321. The molecule has 0 saturated carbocycles. The molecule has 0 aliphatic carbocycles. The molecule has 0 saturated heterocycles. The van der Waals surface area contributed by atoms with Crippen molar-refractivity contribution in [1.82, 2.24) is 4.90 Å². The number of hydrogen-bond acceptors (Lipinski definition) is 2. The Morgan fingerprint density at radius 3 is 2.12 bits per heavy atom. The van der Waals surface area contributed by atoms with Crippen molar-refractivity contribution in [2.75, 3.05) is 26.1 Å². The summed E-state index contributed by atoms with van der Waals surface area (Å²) >= 11 is 0. The van der Waals surface area contributed by atoms with Crippen LogP contribution in [0.2, 0.25) is 0 Å². The Morgan fingerprint density at radius 1 is 1.50 bits per heavy atom. The number of rotatable bonds is 4. The summed E-state index contributed by atoms with van der Waals surface area (Å²) < 4.78 is 28.4. The first-order chi connectivity index (χ1) is 5.27. The molecule has 0 aromatic heterocycles. The lowest BCUT2D eigenvalue weighted by atomic mass is 10.5. The van der Waals surface area contributed by atoms with Gasteiger partial charge in [-0.05, 0) is 13.1 Å². The van der Waals surface area contributed by atoms with Gasteiger partial charge in [-0.2, -0.15) is 0 Å². The fourth-order valence-corrected chi connectivity index (χ4v) is 0.452. The first-order valence-electron chi connectivity index (χ1n) is 4.74. The molecular weight excluding hydrogens is 102 g/mol. The molecule has 0 bridgehead atoms. The molecule has 0 heterocycles. The van der Waals surface area contributed by atoms with Crippen LogP contribution in [0.4, 0.5) is 0 Å². The summed E-state index contributed by atoms with van der Waals surface area (Å²) in [5, 5.41) is 8.89. The van der Waals surface area contributed by atoms with Crippen LogP contribution >= 0.6 is 0 Å². The maximum absolute atomic E-state index is 8.89. The van der Waals surface area contributed by atoms with Crippen molar-refractivity contribution in [2.45, 2.75) is 13.8 Å². The second-order valence-corrected chi connectivity index (χ2v) is 1.40. The van der Waals surface area contributed by atoms with Crippen molar-refractivity contribution in [2.24, 2.45) is 0 Å². The second-order valence-electron chi connectivity index (χ2n) is 1.40. The molecule has 2 nitrogen and oxygen atoms in total. The van der Waals surface area contributed by atoms with Crippen LogP contribution in [-0.2, 0) is 0 Å². The normalized spacial score (nSPS) is 21.5. The summed E-state index contributed by atoms with van der Waals surface area (Å²) in [4.78, 5) is 1.23. The lowest BCUT2D eigenvalue weighted by Gasteiger charge is -2.15. The summed E-state index contributed by atoms with van der Waals surface area (Å²) in [6, 6.07) is 0. The maximum atomic E-state index is 8.89. The third-order valence-electron chi connectivity index (χ3n) is 0.972. The van der Waals surface area contributed by atoms with Crippen molar-refractivity contribution in [3.63, 3.8) is 0 Å². The highest BCUT2D eigenvalue weighted by Gasteiger charge is 1.93. The van der Waals surface area contributed by atoms with Gasteiger partial charge in [0.2, 0.25) is 0 Å². The Kier molecular flexibility index (Phi) is 2.01. The predicted molar refractivity (Wildman–Crippen MR) is 34.9 cm³/mol. The van der Waals surface area contributed by atoms with Gasteiger partial charge in [0.25, 0.3) is 0 Å². The summed E-state index contributed by atoms with van der Waals surface area (Å²) in [6.07, 6.45) is 0. The average Bonchev–Trinajstić information content (AvgIpc) is 1.87. The van der Waals surface area contributed by atoms with Crippen molar-refractivity contribution in [1.29, 1.82) is 0 Å². The highest BCUT2D eigenvalue weighted by molar-refractivity contribution is 4.47. The van der Waals surface area contributed by atoms with E-state index in [0.29, 0.717) is 13.1 Å².